The van der Waals surface area contributed by atoms with Crippen LogP contribution in [-0.2, 0) is 25.7 Å². The Hall–Kier alpha value is -2.28. The highest BCUT2D eigenvalue weighted by molar-refractivity contribution is 8.04. The number of hydrogen-bond acceptors (Lipinski definition) is 5. The van der Waals surface area contributed by atoms with Crippen molar-refractivity contribution in [3.63, 3.8) is 0 Å². The Morgan fingerprint density at radius 3 is 2.71 bits per heavy atom. The summed E-state index contributed by atoms with van der Waals surface area (Å²) in [6.07, 6.45) is 1.26. The van der Waals surface area contributed by atoms with Crippen LogP contribution in [0.2, 0.25) is 0 Å². The lowest BCUT2D eigenvalue weighted by molar-refractivity contribution is -0.137. The molecule has 0 radical (unpaired) electrons. The highest BCUT2D eigenvalue weighted by atomic mass is 32.2. The molecule has 7 heteroatoms. The van der Waals surface area contributed by atoms with E-state index >= 15 is 0 Å². The Morgan fingerprint density at radius 2 is 2.04 bits per heavy atom. The van der Waals surface area contributed by atoms with Crippen LogP contribution < -0.4 is 5.32 Å². The lowest BCUT2D eigenvalue weighted by Gasteiger charge is -2.16. The molecule has 0 aliphatic carbocycles. The molecule has 0 bridgehead atoms. The lowest BCUT2D eigenvalue weighted by atomic mass is 10.1. The van der Waals surface area contributed by atoms with Gasteiger partial charge in [-0.05, 0) is 19.4 Å². The Bertz CT molecular complexity index is 655. The molecule has 2 rings (SSSR count). The summed E-state index contributed by atoms with van der Waals surface area (Å²) in [6.45, 7) is 4.25. The number of amides is 2. The van der Waals surface area contributed by atoms with Crippen LogP contribution in [0.1, 0.15) is 18.1 Å². The number of nitrogens with one attached hydrogen (secondary N) is 1. The van der Waals surface area contributed by atoms with Gasteiger partial charge in [0.25, 0.3) is 0 Å². The van der Waals surface area contributed by atoms with Gasteiger partial charge < -0.3 is 10.1 Å². The molecule has 0 atom stereocenters. The van der Waals surface area contributed by atoms with Gasteiger partial charge in [-0.1, -0.05) is 41.6 Å². The largest absolute Gasteiger partial charge is 0.463 e. The number of ether oxygens (including phenoxy) is 1. The fraction of sp³-hybridized carbons (Fsp3) is 0.353. The third-order valence-corrected chi connectivity index (χ3v) is 4.38. The van der Waals surface area contributed by atoms with Gasteiger partial charge in [-0.15, -0.1) is 0 Å². The van der Waals surface area contributed by atoms with Gasteiger partial charge >= 0.3 is 5.97 Å². The molecule has 2 amide bonds. The van der Waals surface area contributed by atoms with E-state index in [1.165, 1.54) is 22.7 Å². The third-order valence-electron chi connectivity index (χ3n) is 3.35. The molecule has 0 spiro atoms. The highest BCUT2D eigenvalue weighted by Gasteiger charge is 2.29. The molecule has 1 heterocycles. The van der Waals surface area contributed by atoms with E-state index in [0.717, 1.165) is 11.1 Å². The van der Waals surface area contributed by atoms with E-state index < -0.39 is 5.97 Å². The maximum absolute atomic E-state index is 12.1. The zero-order valence-electron chi connectivity index (χ0n) is 13.7. The van der Waals surface area contributed by atoms with E-state index in [9.17, 15) is 14.4 Å². The van der Waals surface area contributed by atoms with E-state index in [2.05, 4.69) is 5.32 Å². The number of thioether (sulfide) groups is 1. The zero-order valence-corrected chi connectivity index (χ0v) is 14.5. The van der Waals surface area contributed by atoms with Gasteiger partial charge in [0.05, 0.1) is 23.5 Å². The zero-order chi connectivity index (χ0) is 17.5. The van der Waals surface area contributed by atoms with Gasteiger partial charge in [0.2, 0.25) is 11.8 Å². The summed E-state index contributed by atoms with van der Waals surface area (Å²) in [7, 11) is 0. The molecule has 1 saturated heterocycles. The van der Waals surface area contributed by atoms with Crippen molar-refractivity contribution in [1.29, 1.82) is 0 Å². The number of hydrogen-bond donors (Lipinski definition) is 1. The molecule has 0 aromatic heterocycles. The van der Waals surface area contributed by atoms with E-state index in [0.29, 0.717) is 11.6 Å². The SMILES string of the molecule is CCOC(=O)/C=C1\SCC(=O)N1CC(=O)NCc1ccc(C)cc1. The normalized spacial score (nSPS) is 15.7. The van der Waals surface area contributed by atoms with Crippen LogP contribution in [0.15, 0.2) is 35.4 Å². The third kappa shape index (κ3) is 5.13. The van der Waals surface area contributed by atoms with Crippen molar-refractivity contribution in [3.05, 3.63) is 46.5 Å². The van der Waals surface area contributed by atoms with Gasteiger partial charge in [-0.2, -0.15) is 0 Å². The number of carbonyl (C=O) groups is 3. The Labute approximate surface area is 145 Å². The summed E-state index contributed by atoms with van der Waals surface area (Å²) >= 11 is 1.23. The number of nitrogens with zero attached hydrogens (tertiary/aromatic N) is 1. The molecular weight excluding hydrogens is 328 g/mol. The molecule has 1 aliphatic rings. The fourth-order valence-corrected chi connectivity index (χ4v) is 3.02. The minimum Gasteiger partial charge on any atom is -0.463 e. The standard InChI is InChI=1S/C17H20N2O4S/c1-3-23-17(22)8-16-19(15(21)11-24-16)10-14(20)18-9-13-6-4-12(2)5-7-13/h4-8H,3,9-11H2,1-2H3,(H,18,20)/b16-8-. The Balaban J connectivity index is 1.92. The van der Waals surface area contributed by atoms with Gasteiger partial charge in [-0.3, -0.25) is 14.5 Å². The van der Waals surface area contributed by atoms with E-state index in [4.69, 9.17) is 4.74 Å². The van der Waals surface area contributed by atoms with Crippen LogP contribution in [0.4, 0.5) is 0 Å². The lowest BCUT2D eigenvalue weighted by Crippen LogP contribution is -2.37. The predicted octanol–water partition coefficient (Wildman–Crippen LogP) is 1.59. The predicted molar refractivity (Wildman–Crippen MR) is 91.9 cm³/mol. The second-order valence-electron chi connectivity index (χ2n) is 5.27. The maximum atomic E-state index is 12.1. The molecule has 1 aromatic rings. The molecule has 1 aromatic carbocycles. The summed E-state index contributed by atoms with van der Waals surface area (Å²) in [5.74, 6) is -0.766. The minimum atomic E-state index is -0.514. The first-order valence-electron chi connectivity index (χ1n) is 7.63. The summed E-state index contributed by atoms with van der Waals surface area (Å²) in [4.78, 5) is 36.8. The topological polar surface area (TPSA) is 75.7 Å². The van der Waals surface area contributed by atoms with Crippen LogP contribution in [0.25, 0.3) is 0 Å². The molecule has 24 heavy (non-hydrogen) atoms. The summed E-state index contributed by atoms with van der Waals surface area (Å²) in [5, 5.41) is 3.23. The number of carbonyl (C=O) groups excluding carboxylic acids is 3. The molecule has 1 N–H and O–H groups in total. The first-order chi connectivity index (χ1) is 11.5. The first-order valence-corrected chi connectivity index (χ1v) is 8.62. The van der Waals surface area contributed by atoms with Crippen LogP contribution in [0.3, 0.4) is 0 Å². The van der Waals surface area contributed by atoms with Crippen LogP contribution in [0, 0.1) is 6.92 Å². The Kier molecular flexibility index (Phi) is 6.43. The van der Waals surface area contributed by atoms with Crippen LogP contribution >= 0.6 is 11.8 Å². The smallest absolute Gasteiger partial charge is 0.333 e. The van der Waals surface area contributed by atoms with E-state index in [1.54, 1.807) is 6.92 Å². The first kappa shape index (κ1) is 18.1. The molecule has 1 fully saturated rings. The number of esters is 1. The van der Waals surface area contributed by atoms with E-state index in [-0.39, 0.29) is 30.7 Å². The van der Waals surface area contributed by atoms with Crippen molar-refractivity contribution in [2.24, 2.45) is 0 Å². The van der Waals surface area contributed by atoms with Gasteiger partial charge in [0.1, 0.15) is 6.54 Å². The second-order valence-corrected chi connectivity index (χ2v) is 6.26. The highest BCUT2D eigenvalue weighted by Crippen LogP contribution is 2.28. The van der Waals surface area contributed by atoms with Crippen molar-refractivity contribution >= 4 is 29.5 Å². The monoisotopic (exact) mass is 348 g/mol. The Morgan fingerprint density at radius 1 is 1.33 bits per heavy atom. The molecule has 1 aliphatic heterocycles. The summed E-state index contributed by atoms with van der Waals surface area (Å²) in [5.41, 5.74) is 2.14. The van der Waals surface area contributed by atoms with Crippen LogP contribution in [-0.4, -0.2) is 41.6 Å². The second kappa shape index (κ2) is 8.54. The quantitative estimate of drug-likeness (QED) is 0.624. The van der Waals surface area contributed by atoms with Crippen molar-refractivity contribution in [2.75, 3.05) is 18.9 Å². The van der Waals surface area contributed by atoms with Gasteiger partial charge in [-0.25, -0.2) is 4.79 Å². The van der Waals surface area contributed by atoms with Crippen LogP contribution in [0.5, 0.6) is 0 Å². The van der Waals surface area contributed by atoms with Crippen molar-refractivity contribution < 1.29 is 19.1 Å². The molecular formula is C17H20N2O4S. The average molecular weight is 348 g/mol. The summed E-state index contributed by atoms with van der Waals surface area (Å²) in [6, 6.07) is 7.84. The molecule has 0 saturated carbocycles. The maximum Gasteiger partial charge on any atom is 0.333 e. The molecule has 0 unspecified atom stereocenters. The number of benzene rings is 1. The number of rotatable bonds is 6. The van der Waals surface area contributed by atoms with Gasteiger partial charge in [0.15, 0.2) is 0 Å². The van der Waals surface area contributed by atoms with Crippen molar-refractivity contribution in [1.82, 2.24) is 10.2 Å². The number of aryl methyl sites for hydroxylation is 1. The molecule has 128 valence electrons. The van der Waals surface area contributed by atoms with Crippen molar-refractivity contribution in [2.45, 2.75) is 20.4 Å². The van der Waals surface area contributed by atoms with E-state index in [1.807, 2.05) is 31.2 Å². The fourth-order valence-electron chi connectivity index (χ4n) is 2.09. The average Bonchev–Trinajstić information content (AvgIpc) is 2.87. The van der Waals surface area contributed by atoms with Crippen molar-refractivity contribution in [3.8, 4) is 0 Å². The van der Waals surface area contributed by atoms with Gasteiger partial charge in [0, 0.05) is 6.54 Å². The summed E-state index contributed by atoms with van der Waals surface area (Å²) < 4.78 is 4.84. The minimum absolute atomic E-state index is 0.108. The molecule has 6 nitrogen and oxygen atoms in total.